The first-order valence-corrected chi connectivity index (χ1v) is 6.69. The molecule has 3 atom stereocenters. The van der Waals surface area contributed by atoms with E-state index < -0.39 is 12.0 Å². The summed E-state index contributed by atoms with van der Waals surface area (Å²) < 4.78 is 1.06. The highest BCUT2D eigenvalue weighted by Crippen LogP contribution is 2.45. The van der Waals surface area contributed by atoms with E-state index in [4.69, 9.17) is 0 Å². The predicted octanol–water partition coefficient (Wildman–Crippen LogP) is 1.49. The second-order valence-corrected chi connectivity index (χ2v) is 5.66. The van der Waals surface area contributed by atoms with Gasteiger partial charge in [0.2, 0.25) is 0 Å². The maximum absolute atomic E-state index is 11.2. The highest BCUT2D eigenvalue weighted by atomic mass is 127. The Bertz CT molecular complexity index is 512. The van der Waals surface area contributed by atoms with Gasteiger partial charge >= 0.3 is 0 Å². The summed E-state index contributed by atoms with van der Waals surface area (Å²) in [7, 11) is 0. The van der Waals surface area contributed by atoms with Crippen LogP contribution in [0.15, 0.2) is 30.4 Å². The minimum absolute atomic E-state index is 0.0886. The van der Waals surface area contributed by atoms with Gasteiger partial charge in [0.25, 0.3) is 0 Å². The number of nitrogens with one attached hydrogen (secondary N) is 1. The van der Waals surface area contributed by atoms with E-state index in [1.54, 1.807) is 0 Å². The molecule has 4 heteroatoms. The first-order valence-electron chi connectivity index (χ1n) is 5.61. The summed E-state index contributed by atoms with van der Waals surface area (Å²) in [4.78, 5) is 11.2. The third-order valence-electron chi connectivity index (χ3n) is 3.60. The SMILES string of the molecule is O=C([O-])[C@@H]1Nc2c(I)cccc2[C@@H]2C=CC[C@@H]12. The van der Waals surface area contributed by atoms with E-state index in [-0.39, 0.29) is 11.8 Å². The number of carbonyl (C=O) groups is 1. The van der Waals surface area contributed by atoms with Crippen molar-refractivity contribution in [2.45, 2.75) is 18.4 Å². The van der Waals surface area contributed by atoms with Gasteiger partial charge in [0.05, 0.1) is 17.7 Å². The molecule has 3 rings (SSSR count). The summed E-state index contributed by atoms with van der Waals surface area (Å²) >= 11 is 2.23. The highest BCUT2D eigenvalue weighted by Gasteiger charge is 2.38. The van der Waals surface area contributed by atoms with Gasteiger partial charge < -0.3 is 15.2 Å². The number of hydrogen-bond donors (Lipinski definition) is 1. The molecule has 3 nitrogen and oxygen atoms in total. The molecule has 88 valence electrons. The molecule has 1 N–H and O–H groups in total. The molecule has 0 amide bonds. The minimum Gasteiger partial charge on any atom is -0.548 e. The molecule has 17 heavy (non-hydrogen) atoms. The van der Waals surface area contributed by atoms with E-state index in [1.807, 2.05) is 12.1 Å². The lowest BCUT2D eigenvalue weighted by Gasteiger charge is -2.38. The topological polar surface area (TPSA) is 52.2 Å². The van der Waals surface area contributed by atoms with Gasteiger partial charge in [-0.25, -0.2) is 0 Å². The standard InChI is InChI=1S/C13H12INO2/c14-10-6-2-5-8-7-3-1-4-9(7)12(13(16)17)15-11(8)10/h1-3,5-7,9,12,15H,4H2,(H,16,17)/p-1/t7-,9+,12+/m0/s1. The summed E-state index contributed by atoms with van der Waals surface area (Å²) in [6, 6.07) is 5.49. The number of aliphatic carboxylic acids is 1. The fourth-order valence-electron chi connectivity index (χ4n) is 2.82. The van der Waals surface area contributed by atoms with Crippen LogP contribution in [0.25, 0.3) is 0 Å². The van der Waals surface area contributed by atoms with Crippen LogP contribution in [-0.2, 0) is 4.79 Å². The van der Waals surface area contributed by atoms with Crippen molar-refractivity contribution in [2.75, 3.05) is 5.32 Å². The number of halogens is 1. The molecule has 0 radical (unpaired) electrons. The average molecular weight is 340 g/mol. The maximum atomic E-state index is 11.2. The normalized spacial score (nSPS) is 29.4. The van der Waals surface area contributed by atoms with Crippen molar-refractivity contribution < 1.29 is 9.90 Å². The smallest absolute Gasteiger partial charge is 0.0698 e. The third-order valence-corrected chi connectivity index (χ3v) is 4.50. The second-order valence-electron chi connectivity index (χ2n) is 4.50. The molecular formula is C13H11INO2-. The maximum Gasteiger partial charge on any atom is 0.0698 e. The largest absolute Gasteiger partial charge is 0.548 e. The fourth-order valence-corrected chi connectivity index (χ4v) is 3.49. The van der Waals surface area contributed by atoms with E-state index >= 15 is 0 Å². The number of allylic oxidation sites excluding steroid dienone is 2. The van der Waals surface area contributed by atoms with Gasteiger partial charge in [-0.3, -0.25) is 0 Å². The van der Waals surface area contributed by atoms with Crippen molar-refractivity contribution in [1.82, 2.24) is 0 Å². The molecule has 1 heterocycles. The van der Waals surface area contributed by atoms with E-state index in [9.17, 15) is 9.90 Å². The molecule has 1 aromatic rings. The number of rotatable bonds is 1. The number of carboxylic acids is 1. The zero-order valence-corrected chi connectivity index (χ0v) is 11.2. The van der Waals surface area contributed by atoms with E-state index in [0.29, 0.717) is 0 Å². The Kier molecular flexibility index (Phi) is 2.61. The van der Waals surface area contributed by atoms with Crippen LogP contribution in [0.2, 0.25) is 0 Å². The van der Waals surface area contributed by atoms with Crippen LogP contribution in [0.1, 0.15) is 17.9 Å². The van der Waals surface area contributed by atoms with Crippen LogP contribution < -0.4 is 10.4 Å². The van der Waals surface area contributed by atoms with Gasteiger partial charge in [-0.2, -0.15) is 0 Å². The average Bonchev–Trinajstić information content (AvgIpc) is 2.77. The minimum atomic E-state index is -1.01. The third kappa shape index (κ3) is 1.66. The first-order chi connectivity index (χ1) is 8.18. The van der Waals surface area contributed by atoms with Gasteiger partial charge in [0, 0.05) is 9.49 Å². The van der Waals surface area contributed by atoms with Gasteiger partial charge in [-0.05, 0) is 46.6 Å². The molecule has 0 saturated heterocycles. The van der Waals surface area contributed by atoms with E-state index in [0.717, 1.165) is 15.7 Å². The molecular weight excluding hydrogens is 329 g/mol. The number of carboxylic acid groups (broad SMARTS) is 1. The van der Waals surface area contributed by atoms with Crippen LogP contribution in [0.5, 0.6) is 0 Å². The molecule has 1 aliphatic carbocycles. The monoisotopic (exact) mass is 340 g/mol. The van der Waals surface area contributed by atoms with Gasteiger partial charge in [-0.15, -0.1) is 0 Å². The highest BCUT2D eigenvalue weighted by molar-refractivity contribution is 14.1. The van der Waals surface area contributed by atoms with Crippen molar-refractivity contribution in [1.29, 1.82) is 0 Å². The Labute approximate surface area is 113 Å². The molecule has 0 spiro atoms. The fraction of sp³-hybridized carbons (Fsp3) is 0.308. The van der Waals surface area contributed by atoms with Crippen molar-refractivity contribution in [3.05, 3.63) is 39.5 Å². The van der Waals surface area contributed by atoms with Crippen molar-refractivity contribution in [3.63, 3.8) is 0 Å². The van der Waals surface area contributed by atoms with E-state index in [2.05, 4.69) is 46.1 Å². The lowest BCUT2D eigenvalue weighted by molar-refractivity contribution is -0.308. The van der Waals surface area contributed by atoms with Gasteiger partial charge in [-0.1, -0.05) is 24.3 Å². The molecule has 0 saturated carbocycles. The summed E-state index contributed by atoms with van der Waals surface area (Å²) in [5.74, 6) is -0.705. The summed E-state index contributed by atoms with van der Waals surface area (Å²) in [6.07, 6.45) is 5.00. The number of fused-ring (bicyclic) bond motifs is 3. The number of anilines is 1. The Morgan fingerprint density at radius 2 is 2.29 bits per heavy atom. The van der Waals surface area contributed by atoms with Crippen LogP contribution in [0.3, 0.4) is 0 Å². The second kappa shape index (κ2) is 4.01. The predicted molar refractivity (Wildman–Crippen MR) is 71.6 cm³/mol. The Morgan fingerprint density at radius 1 is 1.47 bits per heavy atom. The summed E-state index contributed by atoms with van der Waals surface area (Å²) in [5.41, 5.74) is 2.16. The number of para-hydroxylation sites is 1. The molecule has 0 fully saturated rings. The molecule has 0 aromatic heterocycles. The molecule has 1 aliphatic heterocycles. The van der Waals surface area contributed by atoms with Crippen LogP contribution >= 0.6 is 22.6 Å². The quantitative estimate of drug-likeness (QED) is 0.623. The molecule has 2 aliphatic rings. The lowest BCUT2D eigenvalue weighted by atomic mass is 9.79. The lowest BCUT2D eigenvalue weighted by Crippen LogP contribution is -2.49. The Morgan fingerprint density at radius 3 is 3.06 bits per heavy atom. The summed E-state index contributed by atoms with van der Waals surface area (Å²) in [6.45, 7) is 0. The van der Waals surface area contributed by atoms with Crippen LogP contribution in [0, 0.1) is 9.49 Å². The first kappa shape index (κ1) is 11.1. The Balaban J connectivity index is 2.12. The van der Waals surface area contributed by atoms with Crippen molar-refractivity contribution in [2.24, 2.45) is 5.92 Å². The molecule has 1 aromatic carbocycles. The zero-order valence-electron chi connectivity index (χ0n) is 9.02. The number of carbonyl (C=O) groups excluding carboxylic acids is 1. The van der Waals surface area contributed by atoms with Gasteiger partial charge in [0.1, 0.15) is 0 Å². The summed E-state index contributed by atoms with van der Waals surface area (Å²) in [5, 5.41) is 14.3. The Hall–Kier alpha value is -1.04. The molecule has 0 bridgehead atoms. The van der Waals surface area contributed by atoms with Crippen molar-refractivity contribution >= 4 is 34.2 Å². The van der Waals surface area contributed by atoms with E-state index in [1.165, 1.54) is 5.56 Å². The number of benzene rings is 1. The zero-order chi connectivity index (χ0) is 12.0. The van der Waals surface area contributed by atoms with Gasteiger partial charge in [0.15, 0.2) is 0 Å². The van der Waals surface area contributed by atoms with Crippen molar-refractivity contribution in [3.8, 4) is 0 Å². The van der Waals surface area contributed by atoms with Crippen LogP contribution in [0.4, 0.5) is 5.69 Å². The number of hydrogen-bond acceptors (Lipinski definition) is 3. The molecule has 0 unspecified atom stereocenters. The van der Waals surface area contributed by atoms with Crippen LogP contribution in [-0.4, -0.2) is 12.0 Å².